The van der Waals surface area contributed by atoms with Crippen molar-refractivity contribution in [2.24, 2.45) is 0 Å². The highest BCUT2D eigenvalue weighted by molar-refractivity contribution is 6.37. The van der Waals surface area contributed by atoms with E-state index in [1.807, 2.05) is 37.4 Å². The number of benzene rings is 2. The molecule has 0 aromatic heterocycles. The average Bonchev–Trinajstić information content (AvgIpc) is 2.71. The molecule has 0 amide bonds. The van der Waals surface area contributed by atoms with Crippen LogP contribution in [0, 0.1) is 0 Å². The molecule has 2 aromatic rings. The van der Waals surface area contributed by atoms with Crippen LogP contribution in [0.2, 0.25) is 10.0 Å². The van der Waals surface area contributed by atoms with Crippen LogP contribution in [0.3, 0.4) is 0 Å². The fraction of sp³-hybridized carbons (Fsp3) is 0.294. The maximum atomic E-state index is 10.1. The van der Waals surface area contributed by atoms with Crippen molar-refractivity contribution in [2.45, 2.75) is 12.3 Å². The Bertz CT molecular complexity index is 707. The molecule has 3 rings (SSSR count). The van der Waals surface area contributed by atoms with Gasteiger partial charge in [0.1, 0.15) is 0 Å². The lowest BCUT2D eigenvalue weighted by atomic mass is 9.87. The molecule has 2 N–H and O–H groups in total. The Morgan fingerprint density at radius 3 is 2.30 bits per heavy atom. The molecule has 0 bridgehead atoms. The van der Waals surface area contributed by atoms with E-state index in [2.05, 4.69) is 4.90 Å². The van der Waals surface area contributed by atoms with Gasteiger partial charge in [-0.15, -0.1) is 12.4 Å². The number of likely N-dealkylation sites (N-methyl/N-ethyl adjacent to an activating group) is 1. The SMILES string of the molecule is CN1CCc2c(Cl)c(O)c(O)c(Cl)c2C(c2ccccc2)C1.Cl. The van der Waals surface area contributed by atoms with Gasteiger partial charge in [0.2, 0.25) is 0 Å². The number of fused-ring (bicyclic) bond motifs is 1. The minimum absolute atomic E-state index is 0. The molecular weight excluding hydrogens is 357 g/mol. The van der Waals surface area contributed by atoms with Gasteiger partial charge in [0.15, 0.2) is 11.5 Å². The first-order valence-electron chi connectivity index (χ1n) is 7.15. The van der Waals surface area contributed by atoms with Crippen LogP contribution in [-0.4, -0.2) is 35.3 Å². The van der Waals surface area contributed by atoms with Gasteiger partial charge in [-0.3, -0.25) is 0 Å². The maximum Gasteiger partial charge on any atom is 0.178 e. The fourth-order valence-electron chi connectivity index (χ4n) is 3.09. The molecule has 3 nitrogen and oxygen atoms in total. The lowest BCUT2D eigenvalue weighted by molar-refractivity contribution is 0.338. The fourth-order valence-corrected chi connectivity index (χ4v) is 3.71. The molecule has 0 fully saturated rings. The van der Waals surface area contributed by atoms with Gasteiger partial charge in [-0.2, -0.15) is 0 Å². The Balaban J connectivity index is 0.00000192. The van der Waals surface area contributed by atoms with E-state index in [1.165, 1.54) is 0 Å². The first-order valence-corrected chi connectivity index (χ1v) is 7.91. The molecule has 6 heteroatoms. The Labute approximate surface area is 151 Å². The largest absolute Gasteiger partial charge is 0.503 e. The summed E-state index contributed by atoms with van der Waals surface area (Å²) in [4.78, 5) is 2.21. The van der Waals surface area contributed by atoms with Gasteiger partial charge in [-0.25, -0.2) is 0 Å². The normalized spacial score (nSPS) is 18.0. The van der Waals surface area contributed by atoms with Crippen LogP contribution in [0.15, 0.2) is 30.3 Å². The monoisotopic (exact) mass is 373 g/mol. The van der Waals surface area contributed by atoms with E-state index in [-0.39, 0.29) is 39.9 Å². The van der Waals surface area contributed by atoms with Crippen molar-refractivity contribution in [3.05, 3.63) is 57.1 Å². The van der Waals surface area contributed by atoms with Gasteiger partial charge in [-0.1, -0.05) is 53.5 Å². The van der Waals surface area contributed by atoms with Crippen molar-refractivity contribution in [2.75, 3.05) is 20.1 Å². The Kier molecular flexibility index (Phi) is 5.69. The van der Waals surface area contributed by atoms with Crippen LogP contribution < -0.4 is 0 Å². The van der Waals surface area contributed by atoms with E-state index in [0.29, 0.717) is 6.42 Å². The van der Waals surface area contributed by atoms with Crippen molar-refractivity contribution in [1.29, 1.82) is 0 Å². The number of hydrogen-bond acceptors (Lipinski definition) is 3. The van der Waals surface area contributed by atoms with Crippen LogP contribution in [-0.2, 0) is 6.42 Å². The molecule has 0 saturated heterocycles. The Hall–Kier alpha value is -1.13. The molecule has 1 atom stereocenters. The van der Waals surface area contributed by atoms with Crippen molar-refractivity contribution < 1.29 is 10.2 Å². The van der Waals surface area contributed by atoms with Gasteiger partial charge < -0.3 is 15.1 Å². The van der Waals surface area contributed by atoms with Crippen LogP contribution in [0.4, 0.5) is 0 Å². The molecule has 2 aromatic carbocycles. The van der Waals surface area contributed by atoms with Crippen molar-refractivity contribution in [3.8, 4) is 11.5 Å². The number of nitrogens with zero attached hydrogens (tertiary/aromatic N) is 1. The molecule has 1 aliphatic heterocycles. The standard InChI is InChI=1S/C17H17Cl2NO2.ClH/c1-20-8-7-11-13(15(19)17(22)16(21)14(11)18)12(9-20)10-5-3-2-4-6-10;/h2-6,12,21-22H,7-9H2,1H3;1H. The summed E-state index contributed by atoms with van der Waals surface area (Å²) >= 11 is 12.6. The second kappa shape index (κ2) is 7.18. The van der Waals surface area contributed by atoms with Gasteiger partial charge >= 0.3 is 0 Å². The molecule has 23 heavy (non-hydrogen) atoms. The van der Waals surface area contributed by atoms with Crippen LogP contribution in [0.5, 0.6) is 11.5 Å². The Morgan fingerprint density at radius 1 is 1.04 bits per heavy atom. The van der Waals surface area contributed by atoms with Gasteiger partial charge in [0.05, 0.1) is 10.0 Å². The van der Waals surface area contributed by atoms with Crippen molar-refractivity contribution in [1.82, 2.24) is 4.90 Å². The highest BCUT2D eigenvalue weighted by atomic mass is 35.5. The topological polar surface area (TPSA) is 43.7 Å². The molecule has 1 heterocycles. The zero-order chi connectivity index (χ0) is 15.9. The number of aromatic hydroxyl groups is 2. The number of halogens is 3. The van der Waals surface area contributed by atoms with E-state index in [9.17, 15) is 10.2 Å². The lowest BCUT2D eigenvalue weighted by Crippen LogP contribution is -2.24. The molecule has 1 unspecified atom stereocenters. The molecule has 0 aliphatic carbocycles. The summed E-state index contributed by atoms with van der Waals surface area (Å²) < 4.78 is 0. The zero-order valence-corrected chi connectivity index (χ0v) is 14.9. The van der Waals surface area contributed by atoms with E-state index < -0.39 is 0 Å². The molecule has 0 spiro atoms. The van der Waals surface area contributed by atoms with E-state index in [0.717, 1.165) is 29.8 Å². The summed E-state index contributed by atoms with van der Waals surface area (Å²) in [7, 11) is 2.04. The third-order valence-electron chi connectivity index (χ3n) is 4.25. The molecular formula is C17H18Cl3NO2. The molecule has 0 radical (unpaired) electrons. The summed E-state index contributed by atoms with van der Waals surface area (Å²) in [5.74, 6) is -0.669. The average molecular weight is 375 g/mol. The van der Waals surface area contributed by atoms with E-state index in [1.54, 1.807) is 0 Å². The summed E-state index contributed by atoms with van der Waals surface area (Å²) in [5, 5.41) is 20.5. The van der Waals surface area contributed by atoms with Crippen molar-refractivity contribution in [3.63, 3.8) is 0 Å². The van der Waals surface area contributed by atoms with Crippen LogP contribution >= 0.6 is 35.6 Å². The third-order valence-corrected chi connectivity index (χ3v) is 5.04. The summed E-state index contributed by atoms with van der Waals surface area (Å²) in [6.45, 7) is 1.59. The first kappa shape index (κ1) is 18.2. The predicted octanol–water partition coefficient (Wildman–Crippen LogP) is 4.45. The second-order valence-corrected chi connectivity index (χ2v) is 6.45. The quantitative estimate of drug-likeness (QED) is 0.725. The van der Waals surface area contributed by atoms with Gasteiger partial charge in [0.25, 0.3) is 0 Å². The highest BCUT2D eigenvalue weighted by Crippen LogP contribution is 2.49. The van der Waals surface area contributed by atoms with Crippen LogP contribution in [0.1, 0.15) is 22.6 Å². The van der Waals surface area contributed by atoms with Gasteiger partial charge in [-0.05, 0) is 30.2 Å². The highest BCUT2D eigenvalue weighted by Gasteiger charge is 2.30. The summed E-state index contributed by atoms with van der Waals surface area (Å²) in [6.07, 6.45) is 0.682. The van der Waals surface area contributed by atoms with Crippen LogP contribution in [0.25, 0.3) is 0 Å². The minimum atomic E-state index is -0.337. The van der Waals surface area contributed by atoms with Crippen molar-refractivity contribution >= 4 is 35.6 Å². The molecule has 124 valence electrons. The zero-order valence-electron chi connectivity index (χ0n) is 12.6. The Morgan fingerprint density at radius 2 is 1.65 bits per heavy atom. The number of hydrogen-bond donors (Lipinski definition) is 2. The number of rotatable bonds is 1. The van der Waals surface area contributed by atoms with E-state index >= 15 is 0 Å². The lowest BCUT2D eigenvalue weighted by Gasteiger charge is -2.23. The van der Waals surface area contributed by atoms with E-state index in [4.69, 9.17) is 23.2 Å². The number of phenols is 2. The smallest absolute Gasteiger partial charge is 0.178 e. The maximum absolute atomic E-state index is 10.1. The summed E-state index contributed by atoms with van der Waals surface area (Å²) in [5.41, 5.74) is 2.75. The second-order valence-electron chi connectivity index (χ2n) is 5.69. The number of phenolic OH excluding ortho intramolecular Hbond substituents is 2. The molecule has 1 aliphatic rings. The minimum Gasteiger partial charge on any atom is -0.503 e. The van der Waals surface area contributed by atoms with Gasteiger partial charge in [0, 0.05) is 19.0 Å². The first-order chi connectivity index (χ1) is 10.5. The predicted molar refractivity (Wildman–Crippen MR) is 96.5 cm³/mol. The molecule has 0 saturated carbocycles. The third kappa shape index (κ3) is 3.24. The summed E-state index contributed by atoms with van der Waals surface area (Å²) in [6, 6.07) is 10.0.